The van der Waals surface area contributed by atoms with Gasteiger partial charge in [0, 0.05) is 30.7 Å². The minimum atomic E-state index is -0.227. The molecule has 0 aliphatic carbocycles. The summed E-state index contributed by atoms with van der Waals surface area (Å²) >= 11 is 0. The first-order valence-electron chi connectivity index (χ1n) is 10.3. The second-order valence-corrected chi connectivity index (χ2v) is 10.0. The van der Waals surface area contributed by atoms with Crippen molar-refractivity contribution in [2.75, 3.05) is 6.54 Å². The quantitative estimate of drug-likeness (QED) is 0.776. The molecule has 0 bridgehead atoms. The lowest BCUT2D eigenvalue weighted by atomic mass is 9.81. The number of hydrogen-bond donors (Lipinski definition) is 1. The van der Waals surface area contributed by atoms with Crippen molar-refractivity contribution in [2.45, 2.75) is 66.1 Å². The molecule has 150 valence electrons. The monoisotopic (exact) mass is 378 g/mol. The number of fused-ring (bicyclic) bond motifs is 1. The van der Waals surface area contributed by atoms with Gasteiger partial charge in [-0.15, -0.1) is 0 Å². The highest BCUT2D eigenvalue weighted by Gasteiger charge is 2.27. The van der Waals surface area contributed by atoms with Crippen molar-refractivity contribution >= 4 is 5.91 Å². The van der Waals surface area contributed by atoms with E-state index in [1.807, 2.05) is 12.1 Å². The molecule has 2 aromatic carbocycles. The van der Waals surface area contributed by atoms with Crippen LogP contribution in [0.4, 0.5) is 0 Å². The van der Waals surface area contributed by atoms with Gasteiger partial charge in [-0.1, -0.05) is 57.2 Å². The van der Waals surface area contributed by atoms with E-state index >= 15 is 0 Å². The van der Waals surface area contributed by atoms with E-state index in [-0.39, 0.29) is 16.9 Å². The number of nitrogens with zero attached hydrogens (tertiary/aromatic N) is 1. The van der Waals surface area contributed by atoms with Gasteiger partial charge in [-0.05, 0) is 60.9 Å². The zero-order chi connectivity index (χ0) is 20.4. The van der Waals surface area contributed by atoms with Gasteiger partial charge in [-0.2, -0.15) is 0 Å². The first-order chi connectivity index (χ1) is 13.1. The number of amides is 1. The Bertz CT molecular complexity index is 815. The van der Waals surface area contributed by atoms with Gasteiger partial charge in [0.1, 0.15) is 0 Å². The van der Waals surface area contributed by atoms with Crippen molar-refractivity contribution in [3.05, 3.63) is 70.8 Å². The van der Waals surface area contributed by atoms with Crippen LogP contribution in [0.1, 0.15) is 68.1 Å². The number of carbonyl (C=O) groups is 1. The van der Waals surface area contributed by atoms with E-state index in [1.165, 1.54) is 16.7 Å². The second kappa shape index (κ2) is 8.08. The molecule has 1 N–H and O–H groups in total. The summed E-state index contributed by atoms with van der Waals surface area (Å²) in [5.74, 6) is 0.00713. The van der Waals surface area contributed by atoms with Crippen LogP contribution in [-0.2, 0) is 19.5 Å². The van der Waals surface area contributed by atoms with Crippen LogP contribution < -0.4 is 5.32 Å². The first kappa shape index (κ1) is 20.6. The van der Waals surface area contributed by atoms with Crippen LogP contribution in [0.2, 0.25) is 0 Å². The lowest BCUT2D eigenvalue weighted by molar-refractivity contribution is 0.0891. The predicted octanol–water partition coefficient (Wildman–Crippen LogP) is 5.19. The SMILES string of the molecule is CC(C)(C)CC(C)(C)NC(=O)c1ccc(CN2CCc3ccccc3C2)cc1. The molecule has 0 atom stereocenters. The third kappa shape index (κ3) is 5.68. The maximum absolute atomic E-state index is 12.7. The molecule has 3 heteroatoms. The van der Waals surface area contributed by atoms with Crippen LogP contribution in [0.3, 0.4) is 0 Å². The summed E-state index contributed by atoms with van der Waals surface area (Å²) in [6.45, 7) is 13.8. The van der Waals surface area contributed by atoms with Crippen LogP contribution in [-0.4, -0.2) is 22.9 Å². The summed E-state index contributed by atoms with van der Waals surface area (Å²) in [7, 11) is 0. The number of nitrogens with one attached hydrogen (secondary N) is 1. The predicted molar refractivity (Wildman–Crippen MR) is 116 cm³/mol. The van der Waals surface area contributed by atoms with E-state index < -0.39 is 0 Å². The summed E-state index contributed by atoms with van der Waals surface area (Å²) in [5.41, 5.74) is 4.84. The molecule has 0 saturated heterocycles. The Hall–Kier alpha value is -2.13. The van der Waals surface area contributed by atoms with Gasteiger partial charge in [0.2, 0.25) is 0 Å². The number of carbonyl (C=O) groups excluding carboxylic acids is 1. The van der Waals surface area contributed by atoms with Crippen LogP contribution in [0, 0.1) is 5.41 Å². The van der Waals surface area contributed by atoms with Crippen molar-refractivity contribution in [3.8, 4) is 0 Å². The third-order valence-electron chi connectivity index (χ3n) is 5.26. The Balaban J connectivity index is 1.58. The maximum atomic E-state index is 12.7. The van der Waals surface area contributed by atoms with Crippen molar-refractivity contribution < 1.29 is 4.79 Å². The van der Waals surface area contributed by atoms with E-state index in [0.29, 0.717) is 0 Å². The van der Waals surface area contributed by atoms with Crippen molar-refractivity contribution in [2.24, 2.45) is 5.41 Å². The van der Waals surface area contributed by atoms with Gasteiger partial charge >= 0.3 is 0 Å². The van der Waals surface area contributed by atoms with E-state index in [2.05, 4.69) is 81.2 Å². The highest BCUT2D eigenvalue weighted by Crippen LogP contribution is 2.27. The fourth-order valence-electron chi connectivity index (χ4n) is 4.46. The average Bonchev–Trinajstić information content (AvgIpc) is 2.59. The molecule has 0 saturated carbocycles. The molecule has 28 heavy (non-hydrogen) atoms. The summed E-state index contributed by atoms with van der Waals surface area (Å²) in [6.07, 6.45) is 2.04. The largest absolute Gasteiger partial charge is 0.347 e. The molecule has 0 unspecified atom stereocenters. The third-order valence-corrected chi connectivity index (χ3v) is 5.26. The summed E-state index contributed by atoms with van der Waals surface area (Å²) in [4.78, 5) is 15.1. The Morgan fingerprint density at radius 3 is 2.25 bits per heavy atom. The molecule has 0 spiro atoms. The lowest BCUT2D eigenvalue weighted by Gasteiger charge is -2.33. The van der Waals surface area contributed by atoms with Gasteiger partial charge < -0.3 is 5.32 Å². The normalized spacial score (nSPS) is 15.2. The average molecular weight is 379 g/mol. The van der Waals surface area contributed by atoms with E-state index in [9.17, 15) is 4.79 Å². The topological polar surface area (TPSA) is 32.3 Å². The molecule has 3 nitrogen and oxygen atoms in total. The number of rotatable bonds is 5. The van der Waals surface area contributed by atoms with Crippen LogP contribution in [0.5, 0.6) is 0 Å². The summed E-state index contributed by atoms with van der Waals surface area (Å²) < 4.78 is 0. The van der Waals surface area contributed by atoms with Crippen LogP contribution >= 0.6 is 0 Å². The van der Waals surface area contributed by atoms with Crippen molar-refractivity contribution in [1.82, 2.24) is 10.2 Å². The second-order valence-electron chi connectivity index (χ2n) is 10.0. The Labute approximate surface area is 170 Å². The number of benzene rings is 2. The first-order valence-corrected chi connectivity index (χ1v) is 10.3. The fraction of sp³-hybridized carbons (Fsp3) is 0.480. The molecule has 1 heterocycles. The van der Waals surface area contributed by atoms with Gasteiger partial charge in [0.05, 0.1) is 0 Å². The molecule has 1 amide bonds. The Kier molecular flexibility index (Phi) is 5.95. The zero-order valence-corrected chi connectivity index (χ0v) is 18.0. The molecule has 1 aliphatic heterocycles. The van der Waals surface area contributed by atoms with Crippen LogP contribution in [0.25, 0.3) is 0 Å². The molecule has 2 aromatic rings. The smallest absolute Gasteiger partial charge is 0.251 e. The molecule has 0 aromatic heterocycles. The molecule has 0 radical (unpaired) electrons. The summed E-state index contributed by atoms with van der Waals surface area (Å²) in [6, 6.07) is 16.8. The standard InChI is InChI=1S/C25H34N2O/c1-24(2,3)18-25(4,5)26-23(28)21-12-10-19(11-13-21)16-27-15-14-20-8-6-7-9-22(20)17-27/h6-13H,14-18H2,1-5H3,(H,26,28). The minimum Gasteiger partial charge on any atom is -0.347 e. The zero-order valence-electron chi connectivity index (χ0n) is 18.0. The highest BCUT2D eigenvalue weighted by molar-refractivity contribution is 5.94. The summed E-state index contributed by atoms with van der Waals surface area (Å²) in [5, 5.41) is 3.19. The number of hydrogen-bond acceptors (Lipinski definition) is 2. The molecular weight excluding hydrogens is 344 g/mol. The Morgan fingerprint density at radius 2 is 1.61 bits per heavy atom. The molecule has 3 rings (SSSR count). The van der Waals surface area contributed by atoms with E-state index in [4.69, 9.17) is 0 Å². The molecular formula is C25H34N2O. The van der Waals surface area contributed by atoms with Gasteiger partial charge in [-0.3, -0.25) is 9.69 Å². The van der Waals surface area contributed by atoms with E-state index in [1.54, 1.807) is 0 Å². The Morgan fingerprint density at radius 1 is 0.964 bits per heavy atom. The van der Waals surface area contributed by atoms with Crippen LogP contribution in [0.15, 0.2) is 48.5 Å². The molecule has 0 fully saturated rings. The minimum absolute atomic E-state index is 0.00713. The fourth-order valence-corrected chi connectivity index (χ4v) is 4.46. The van der Waals surface area contributed by atoms with E-state index in [0.717, 1.165) is 38.0 Å². The van der Waals surface area contributed by atoms with Gasteiger partial charge in [-0.25, -0.2) is 0 Å². The maximum Gasteiger partial charge on any atom is 0.251 e. The van der Waals surface area contributed by atoms with Gasteiger partial charge in [0.25, 0.3) is 5.91 Å². The highest BCUT2D eigenvalue weighted by atomic mass is 16.1. The van der Waals surface area contributed by atoms with Crippen molar-refractivity contribution in [1.29, 1.82) is 0 Å². The molecule has 1 aliphatic rings. The lowest BCUT2D eigenvalue weighted by Crippen LogP contribution is -2.45. The van der Waals surface area contributed by atoms with Crippen molar-refractivity contribution in [3.63, 3.8) is 0 Å². The van der Waals surface area contributed by atoms with Gasteiger partial charge in [0.15, 0.2) is 0 Å².